The van der Waals surface area contributed by atoms with Crippen LogP contribution in [0.2, 0.25) is 0 Å². The molecule has 154 valence electrons. The normalized spacial score (nSPS) is 23.7. The van der Waals surface area contributed by atoms with Gasteiger partial charge in [-0.2, -0.15) is 0 Å². The summed E-state index contributed by atoms with van der Waals surface area (Å²) in [5.41, 5.74) is 2.02. The molecule has 1 unspecified atom stereocenters. The van der Waals surface area contributed by atoms with Crippen LogP contribution in [0.25, 0.3) is 0 Å². The fourth-order valence-electron chi connectivity index (χ4n) is 4.22. The minimum Gasteiger partial charge on any atom is -0.378 e. The molecule has 4 rings (SSSR count). The average Bonchev–Trinajstić information content (AvgIpc) is 3.29. The molecule has 7 nitrogen and oxygen atoms in total. The van der Waals surface area contributed by atoms with Gasteiger partial charge in [-0.3, -0.25) is 9.69 Å². The Labute approximate surface area is 166 Å². The number of piperidine rings is 1. The molecule has 1 aromatic rings. The number of carbonyl (C=O) groups is 1. The zero-order valence-electron chi connectivity index (χ0n) is 16.6. The van der Waals surface area contributed by atoms with Crippen LogP contribution in [0.4, 0.5) is 11.4 Å². The van der Waals surface area contributed by atoms with Crippen molar-refractivity contribution < 1.29 is 19.0 Å². The zero-order chi connectivity index (χ0) is 19.3. The van der Waals surface area contributed by atoms with Crippen molar-refractivity contribution in [2.45, 2.75) is 32.1 Å². The van der Waals surface area contributed by atoms with Gasteiger partial charge in [-0.15, -0.1) is 0 Å². The van der Waals surface area contributed by atoms with E-state index in [0.717, 1.165) is 57.9 Å². The Bertz CT molecular complexity index is 634. The maximum absolute atomic E-state index is 12.7. The third-order valence-electron chi connectivity index (χ3n) is 6.04. The summed E-state index contributed by atoms with van der Waals surface area (Å²) in [6, 6.07) is 7.95. The van der Waals surface area contributed by atoms with Crippen LogP contribution in [-0.2, 0) is 19.0 Å². The van der Waals surface area contributed by atoms with Crippen molar-refractivity contribution in [3.63, 3.8) is 0 Å². The summed E-state index contributed by atoms with van der Waals surface area (Å²) < 4.78 is 16.7. The highest BCUT2D eigenvalue weighted by atomic mass is 16.7. The number of rotatable bonds is 5. The minimum absolute atomic E-state index is 0.0451. The number of hydrogen-bond acceptors (Lipinski definition) is 6. The van der Waals surface area contributed by atoms with Gasteiger partial charge >= 0.3 is 0 Å². The number of morpholine rings is 1. The molecule has 1 atom stereocenters. The summed E-state index contributed by atoms with van der Waals surface area (Å²) in [7, 11) is 0. The Hall–Kier alpha value is -1.67. The molecule has 3 fully saturated rings. The highest BCUT2D eigenvalue weighted by Gasteiger charge is 2.33. The zero-order valence-corrected chi connectivity index (χ0v) is 16.6. The van der Waals surface area contributed by atoms with Crippen LogP contribution in [0, 0.1) is 5.92 Å². The molecule has 0 aromatic heterocycles. The maximum Gasteiger partial charge on any atom is 0.241 e. The molecule has 0 spiro atoms. The second-order valence-electron chi connectivity index (χ2n) is 7.79. The van der Waals surface area contributed by atoms with E-state index in [4.69, 9.17) is 14.2 Å². The van der Waals surface area contributed by atoms with Crippen LogP contribution in [0.15, 0.2) is 24.3 Å². The number of nitrogens with zero attached hydrogens (tertiary/aromatic N) is 2. The van der Waals surface area contributed by atoms with E-state index in [1.807, 2.05) is 19.1 Å². The topological polar surface area (TPSA) is 63.3 Å². The Kier molecular flexibility index (Phi) is 6.47. The second-order valence-corrected chi connectivity index (χ2v) is 7.79. The number of amides is 1. The molecule has 1 aromatic carbocycles. The van der Waals surface area contributed by atoms with Crippen LogP contribution < -0.4 is 10.2 Å². The van der Waals surface area contributed by atoms with Crippen LogP contribution >= 0.6 is 0 Å². The molecule has 3 heterocycles. The van der Waals surface area contributed by atoms with Crippen molar-refractivity contribution in [3.05, 3.63) is 24.3 Å². The number of nitrogens with one attached hydrogen (secondary N) is 1. The predicted octanol–water partition coefficient (Wildman–Crippen LogP) is 1.94. The Morgan fingerprint density at radius 3 is 2.29 bits per heavy atom. The lowest BCUT2D eigenvalue weighted by atomic mass is 9.95. The van der Waals surface area contributed by atoms with Crippen molar-refractivity contribution in [3.8, 4) is 0 Å². The first kappa shape index (κ1) is 19.6. The Morgan fingerprint density at radius 1 is 1.00 bits per heavy atom. The molecule has 7 heteroatoms. The molecule has 3 saturated heterocycles. The summed E-state index contributed by atoms with van der Waals surface area (Å²) in [5.74, 6) is 0.493. The smallest absolute Gasteiger partial charge is 0.241 e. The van der Waals surface area contributed by atoms with Gasteiger partial charge in [0.1, 0.15) is 0 Å². The first-order valence-corrected chi connectivity index (χ1v) is 10.4. The molecule has 1 N–H and O–H groups in total. The first-order chi connectivity index (χ1) is 13.7. The van der Waals surface area contributed by atoms with Gasteiger partial charge in [0.15, 0.2) is 6.29 Å². The van der Waals surface area contributed by atoms with E-state index in [2.05, 4.69) is 27.2 Å². The SMILES string of the molecule is CC(C(=O)Nc1ccc(N2CCOCC2)cc1)N1CCC(C2OCCO2)CC1. The van der Waals surface area contributed by atoms with Gasteiger partial charge < -0.3 is 24.4 Å². The van der Waals surface area contributed by atoms with Crippen molar-refractivity contribution in [1.29, 1.82) is 0 Å². The number of likely N-dealkylation sites (tertiary alicyclic amines) is 1. The van der Waals surface area contributed by atoms with Gasteiger partial charge in [-0.25, -0.2) is 0 Å². The number of carbonyl (C=O) groups excluding carboxylic acids is 1. The third kappa shape index (κ3) is 4.66. The summed E-state index contributed by atoms with van der Waals surface area (Å²) in [6.07, 6.45) is 1.98. The molecule has 0 saturated carbocycles. The Balaban J connectivity index is 1.26. The van der Waals surface area contributed by atoms with Gasteiger partial charge in [-0.1, -0.05) is 0 Å². The van der Waals surface area contributed by atoms with Crippen LogP contribution in [0.5, 0.6) is 0 Å². The molecule has 0 bridgehead atoms. The monoisotopic (exact) mass is 389 g/mol. The van der Waals surface area contributed by atoms with Gasteiger partial charge in [0, 0.05) is 30.4 Å². The largest absolute Gasteiger partial charge is 0.378 e. The van der Waals surface area contributed by atoms with Gasteiger partial charge in [0.2, 0.25) is 5.91 Å². The third-order valence-corrected chi connectivity index (χ3v) is 6.04. The molecule has 0 aliphatic carbocycles. The van der Waals surface area contributed by atoms with E-state index in [9.17, 15) is 4.79 Å². The van der Waals surface area contributed by atoms with Crippen molar-refractivity contribution >= 4 is 17.3 Å². The van der Waals surface area contributed by atoms with Gasteiger partial charge in [-0.05, 0) is 57.1 Å². The van der Waals surface area contributed by atoms with Crippen LogP contribution in [0.3, 0.4) is 0 Å². The summed E-state index contributed by atoms with van der Waals surface area (Å²) in [6.45, 7) is 8.56. The van der Waals surface area contributed by atoms with E-state index in [-0.39, 0.29) is 18.2 Å². The predicted molar refractivity (Wildman–Crippen MR) is 108 cm³/mol. The van der Waals surface area contributed by atoms with Crippen molar-refractivity contribution in [1.82, 2.24) is 4.90 Å². The molecular formula is C21H31N3O4. The van der Waals surface area contributed by atoms with E-state index >= 15 is 0 Å². The number of hydrogen-bond donors (Lipinski definition) is 1. The fraction of sp³-hybridized carbons (Fsp3) is 0.667. The molecular weight excluding hydrogens is 358 g/mol. The van der Waals surface area contributed by atoms with Crippen molar-refractivity contribution in [2.24, 2.45) is 5.92 Å². The second kappa shape index (κ2) is 9.22. The van der Waals surface area contributed by atoms with Gasteiger partial charge in [0.25, 0.3) is 0 Å². The molecule has 0 radical (unpaired) electrons. The lowest BCUT2D eigenvalue weighted by molar-refractivity contribution is -0.123. The lowest BCUT2D eigenvalue weighted by Gasteiger charge is -2.36. The standard InChI is InChI=1S/C21H31N3O4/c1-16(23-8-6-17(7-9-23)21-27-14-15-28-21)20(25)22-18-2-4-19(5-3-18)24-10-12-26-13-11-24/h2-5,16-17,21H,6-15H2,1H3,(H,22,25). The summed E-state index contributed by atoms with van der Waals surface area (Å²) >= 11 is 0. The fourth-order valence-corrected chi connectivity index (χ4v) is 4.22. The number of benzene rings is 1. The first-order valence-electron chi connectivity index (χ1n) is 10.4. The molecule has 3 aliphatic heterocycles. The van der Waals surface area contributed by atoms with E-state index in [0.29, 0.717) is 19.1 Å². The lowest BCUT2D eigenvalue weighted by Crippen LogP contribution is -2.47. The summed E-state index contributed by atoms with van der Waals surface area (Å²) in [4.78, 5) is 17.3. The van der Waals surface area contributed by atoms with Crippen LogP contribution in [-0.4, -0.2) is 75.7 Å². The van der Waals surface area contributed by atoms with E-state index in [1.54, 1.807) is 0 Å². The molecule has 1 amide bonds. The Morgan fingerprint density at radius 2 is 1.64 bits per heavy atom. The van der Waals surface area contributed by atoms with Crippen molar-refractivity contribution in [2.75, 3.05) is 62.8 Å². The maximum atomic E-state index is 12.7. The number of ether oxygens (including phenoxy) is 3. The minimum atomic E-state index is -0.148. The van der Waals surface area contributed by atoms with Crippen LogP contribution in [0.1, 0.15) is 19.8 Å². The molecule has 3 aliphatic rings. The highest BCUT2D eigenvalue weighted by Crippen LogP contribution is 2.27. The molecule has 28 heavy (non-hydrogen) atoms. The van der Waals surface area contributed by atoms with E-state index < -0.39 is 0 Å². The summed E-state index contributed by atoms with van der Waals surface area (Å²) in [5, 5.41) is 3.06. The highest BCUT2D eigenvalue weighted by molar-refractivity contribution is 5.94. The van der Waals surface area contributed by atoms with Gasteiger partial charge in [0.05, 0.1) is 32.5 Å². The average molecular weight is 389 g/mol. The quantitative estimate of drug-likeness (QED) is 0.830. The van der Waals surface area contributed by atoms with E-state index in [1.165, 1.54) is 5.69 Å². The number of anilines is 2.